The minimum Gasteiger partial charge on any atom is -0.409 e. The first kappa shape index (κ1) is 14.9. The van der Waals surface area contributed by atoms with Gasteiger partial charge in [-0.05, 0) is 29.7 Å². The zero-order valence-electron chi connectivity index (χ0n) is 12.2. The van der Waals surface area contributed by atoms with Crippen molar-refractivity contribution in [1.82, 2.24) is 0 Å². The van der Waals surface area contributed by atoms with E-state index >= 15 is 0 Å². The van der Waals surface area contributed by atoms with Crippen LogP contribution in [-0.4, -0.2) is 11.0 Å². The van der Waals surface area contributed by atoms with E-state index in [0.717, 1.165) is 17.7 Å². The van der Waals surface area contributed by atoms with Crippen molar-refractivity contribution in [3.05, 3.63) is 65.7 Å². The van der Waals surface area contributed by atoms with Crippen LogP contribution in [0.3, 0.4) is 0 Å². The summed E-state index contributed by atoms with van der Waals surface area (Å²) in [7, 11) is 0. The fourth-order valence-corrected chi connectivity index (χ4v) is 2.23. The minimum absolute atomic E-state index is 0.0328. The number of benzene rings is 2. The summed E-state index contributed by atoms with van der Waals surface area (Å²) in [5.41, 5.74) is 9.09. The molecular formula is C17H21N3O. The maximum atomic E-state index is 8.80. The Morgan fingerprint density at radius 1 is 1.14 bits per heavy atom. The summed E-state index contributed by atoms with van der Waals surface area (Å²) in [6, 6.07) is 18.3. The lowest BCUT2D eigenvalue weighted by Gasteiger charge is -2.20. The highest BCUT2D eigenvalue weighted by Crippen LogP contribution is 2.23. The highest BCUT2D eigenvalue weighted by atomic mass is 16.4. The lowest BCUT2D eigenvalue weighted by molar-refractivity contribution is 0.316. The summed E-state index contributed by atoms with van der Waals surface area (Å²) in [6.07, 6.45) is 1.46. The van der Waals surface area contributed by atoms with Gasteiger partial charge in [-0.25, -0.2) is 0 Å². The molecule has 0 aromatic heterocycles. The van der Waals surface area contributed by atoms with Gasteiger partial charge in [0.05, 0.1) is 6.04 Å². The molecule has 4 N–H and O–H groups in total. The van der Waals surface area contributed by atoms with Crippen LogP contribution in [0.15, 0.2) is 59.8 Å². The lowest BCUT2D eigenvalue weighted by Crippen LogP contribution is -2.21. The number of oxime groups is 1. The van der Waals surface area contributed by atoms with Gasteiger partial charge in [0.25, 0.3) is 0 Å². The normalized spacial score (nSPS) is 12.9. The van der Waals surface area contributed by atoms with Crippen LogP contribution < -0.4 is 11.1 Å². The fourth-order valence-electron chi connectivity index (χ4n) is 2.23. The van der Waals surface area contributed by atoms with Crippen LogP contribution in [0.5, 0.6) is 0 Å². The SMILES string of the molecule is CCc1ccc(NC(CC(N)=NO)c2ccccc2)cc1. The number of hydrogen-bond donors (Lipinski definition) is 3. The molecule has 0 saturated carbocycles. The molecule has 0 radical (unpaired) electrons. The van der Waals surface area contributed by atoms with Crippen molar-refractivity contribution in [2.45, 2.75) is 25.8 Å². The second-order valence-electron chi connectivity index (χ2n) is 4.95. The van der Waals surface area contributed by atoms with Gasteiger partial charge < -0.3 is 16.3 Å². The maximum Gasteiger partial charge on any atom is 0.141 e. The van der Waals surface area contributed by atoms with Crippen molar-refractivity contribution in [1.29, 1.82) is 0 Å². The van der Waals surface area contributed by atoms with Crippen LogP contribution in [0.25, 0.3) is 0 Å². The predicted molar refractivity (Wildman–Crippen MR) is 86.7 cm³/mol. The predicted octanol–water partition coefficient (Wildman–Crippen LogP) is 3.54. The Hall–Kier alpha value is -2.49. The highest BCUT2D eigenvalue weighted by molar-refractivity contribution is 5.80. The van der Waals surface area contributed by atoms with Crippen molar-refractivity contribution in [3.8, 4) is 0 Å². The van der Waals surface area contributed by atoms with Crippen LogP contribution >= 0.6 is 0 Å². The first-order valence-electron chi connectivity index (χ1n) is 7.09. The molecule has 0 aliphatic heterocycles. The summed E-state index contributed by atoms with van der Waals surface area (Å²) < 4.78 is 0. The van der Waals surface area contributed by atoms with E-state index in [1.54, 1.807) is 0 Å². The van der Waals surface area contributed by atoms with E-state index < -0.39 is 0 Å². The van der Waals surface area contributed by atoms with Gasteiger partial charge in [0, 0.05) is 12.1 Å². The van der Waals surface area contributed by atoms with Gasteiger partial charge in [-0.15, -0.1) is 0 Å². The van der Waals surface area contributed by atoms with Crippen LogP contribution in [0, 0.1) is 0 Å². The molecular weight excluding hydrogens is 262 g/mol. The second kappa shape index (κ2) is 7.33. The van der Waals surface area contributed by atoms with E-state index in [9.17, 15) is 0 Å². The number of hydrogen-bond acceptors (Lipinski definition) is 3. The standard InChI is InChI=1S/C17H21N3O/c1-2-13-8-10-15(11-9-13)19-16(12-17(18)20-21)14-6-4-3-5-7-14/h3-11,16,19,21H,2,12H2,1H3,(H2,18,20). The van der Waals surface area contributed by atoms with Gasteiger partial charge in [-0.2, -0.15) is 0 Å². The topological polar surface area (TPSA) is 70.6 Å². The molecule has 0 saturated heterocycles. The number of aryl methyl sites for hydroxylation is 1. The molecule has 4 heteroatoms. The largest absolute Gasteiger partial charge is 0.409 e. The van der Waals surface area contributed by atoms with Crippen molar-refractivity contribution < 1.29 is 5.21 Å². The fraction of sp³-hybridized carbons (Fsp3) is 0.235. The Labute approximate surface area is 125 Å². The number of anilines is 1. The van der Waals surface area contributed by atoms with E-state index in [-0.39, 0.29) is 11.9 Å². The summed E-state index contributed by atoms with van der Waals surface area (Å²) in [4.78, 5) is 0. The van der Waals surface area contributed by atoms with E-state index in [2.05, 4.69) is 41.7 Å². The molecule has 4 nitrogen and oxygen atoms in total. The molecule has 2 rings (SSSR count). The minimum atomic E-state index is -0.0328. The lowest BCUT2D eigenvalue weighted by atomic mass is 10.0. The van der Waals surface area contributed by atoms with E-state index in [1.807, 2.05) is 30.3 Å². The molecule has 2 aromatic carbocycles. The molecule has 0 aliphatic rings. The molecule has 1 atom stereocenters. The molecule has 2 aromatic rings. The average molecular weight is 283 g/mol. The smallest absolute Gasteiger partial charge is 0.141 e. The molecule has 110 valence electrons. The van der Waals surface area contributed by atoms with Crippen molar-refractivity contribution in [3.63, 3.8) is 0 Å². The van der Waals surface area contributed by atoms with Gasteiger partial charge in [-0.3, -0.25) is 0 Å². The van der Waals surface area contributed by atoms with Gasteiger partial charge in [0.1, 0.15) is 5.84 Å². The molecule has 0 fully saturated rings. The molecule has 1 unspecified atom stereocenters. The number of rotatable bonds is 6. The summed E-state index contributed by atoms with van der Waals surface area (Å²) in [5, 5.41) is 15.3. The van der Waals surface area contributed by atoms with Gasteiger partial charge in [-0.1, -0.05) is 54.5 Å². The van der Waals surface area contributed by atoms with Gasteiger partial charge in [0.2, 0.25) is 0 Å². The number of nitrogens with two attached hydrogens (primary N) is 1. The Balaban J connectivity index is 2.18. The summed E-state index contributed by atoms with van der Waals surface area (Å²) in [5.74, 6) is 0.210. The van der Waals surface area contributed by atoms with E-state index in [1.165, 1.54) is 5.56 Å². The Bertz CT molecular complexity index is 579. The quantitative estimate of drug-likeness (QED) is 0.329. The van der Waals surface area contributed by atoms with E-state index in [0.29, 0.717) is 6.42 Å². The highest BCUT2D eigenvalue weighted by Gasteiger charge is 2.13. The first-order valence-corrected chi connectivity index (χ1v) is 7.09. The first-order chi connectivity index (χ1) is 10.2. The average Bonchev–Trinajstić information content (AvgIpc) is 2.55. The van der Waals surface area contributed by atoms with Crippen LogP contribution in [-0.2, 0) is 6.42 Å². The summed E-state index contributed by atoms with van der Waals surface area (Å²) >= 11 is 0. The number of nitrogens with one attached hydrogen (secondary N) is 1. The van der Waals surface area contributed by atoms with E-state index in [4.69, 9.17) is 10.9 Å². The van der Waals surface area contributed by atoms with Crippen molar-refractivity contribution in [2.75, 3.05) is 5.32 Å². The molecule has 0 aliphatic carbocycles. The zero-order chi connectivity index (χ0) is 15.1. The Kier molecular flexibility index (Phi) is 5.21. The van der Waals surface area contributed by atoms with Crippen LogP contribution in [0.2, 0.25) is 0 Å². The second-order valence-corrected chi connectivity index (χ2v) is 4.95. The van der Waals surface area contributed by atoms with Crippen LogP contribution in [0.4, 0.5) is 5.69 Å². The number of amidine groups is 1. The monoisotopic (exact) mass is 283 g/mol. The third-order valence-electron chi connectivity index (χ3n) is 3.45. The number of nitrogens with zero attached hydrogens (tertiary/aromatic N) is 1. The Morgan fingerprint density at radius 2 is 1.81 bits per heavy atom. The molecule has 0 heterocycles. The Morgan fingerprint density at radius 3 is 2.38 bits per heavy atom. The van der Waals surface area contributed by atoms with Crippen LogP contribution in [0.1, 0.15) is 30.5 Å². The third-order valence-corrected chi connectivity index (χ3v) is 3.45. The molecule has 0 amide bonds. The zero-order valence-corrected chi connectivity index (χ0v) is 12.2. The van der Waals surface area contributed by atoms with Gasteiger partial charge in [0.15, 0.2) is 0 Å². The third kappa shape index (κ3) is 4.24. The van der Waals surface area contributed by atoms with Crippen molar-refractivity contribution in [2.24, 2.45) is 10.9 Å². The maximum absolute atomic E-state index is 8.80. The summed E-state index contributed by atoms with van der Waals surface area (Å²) in [6.45, 7) is 2.13. The molecule has 21 heavy (non-hydrogen) atoms. The van der Waals surface area contributed by atoms with Crippen molar-refractivity contribution >= 4 is 11.5 Å². The molecule has 0 bridgehead atoms. The molecule has 0 spiro atoms. The van der Waals surface area contributed by atoms with Gasteiger partial charge >= 0.3 is 0 Å².